The smallest absolute Gasteiger partial charge is 0.193 e. The first-order valence-electron chi connectivity index (χ1n) is 5.27. The predicted molar refractivity (Wildman–Crippen MR) is 64.7 cm³/mol. The molecule has 0 radical (unpaired) electrons. The summed E-state index contributed by atoms with van der Waals surface area (Å²) >= 11 is 0. The second kappa shape index (κ2) is 5.70. The van der Waals surface area contributed by atoms with Crippen LogP contribution in [0.5, 0.6) is 5.75 Å². The number of carbonyl (C=O) groups is 1. The fourth-order valence-electron chi connectivity index (χ4n) is 1.28. The van der Waals surface area contributed by atoms with Crippen molar-refractivity contribution in [2.24, 2.45) is 0 Å². The molecule has 1 heterocycles. The highest BCUT2D eigenvalue weighted by Gasteiger charge is 1.98. The third-order valence-electron chi connectivity index (χ3n) is 2.10. The van der Waals surface area contributed by atoms with E-state index in [1.807, 2.05) is 30.3 Å². The zero-order valence-electron chi connectivity index (χ0n) is 9.21. The standard InChI is InChI=1S/C14H12O3/c15-12(8-9-14-7-4-10-16-14)11-17-13-5-2-1-3-6-13/h1-10H,11H2/b9-8+. The van der Waals surface area contributed by atoms with E-state index in [1.54, 1.807) is 24.5 Å². The Morgan fingerprint density at radius 3 is 2.71 bits per heavy atom. The third-order valence-corrected chi connectivity index (χ3v) is 2.10. The maximum Gasteiger partial charge on any atom is 0.193 e. The van der Waals surface area contributed by atoms with Crippen molar-refractivity contribution in [2.45, 2.75) is 0 Å². The summed E-state index contributed by atoms with van der Waals surface area (Å²) in [4.78, 5) is 11.5. The molecule has 0 aliphatic rings. The van der Waals surface area contributed by atoms with E-state index in [2.05, 4.69) is 0 Å². The summed E-state index contributed by atoms with van der Waals surface area (Å²) in [5.74, 6) is 1.23. The van der Waals surface area contributed by atoms with E-state index < -0.39 is 0 Å². The molecule has 0 fully saturated rings. The Morgan fingerprint density at radius 2 is 2.00 bits per heavy atom. The van der Waals surface area contributed by atoms with Crippen LogP contribution in [-0.2, 0) is 4.79 Å². The summed E-state index contributed by atoms with van der Waals surface area (Å²) in [5.41, 5.74) is 0. The van der Waals surface area contributed by atoms with Crippen LogP contribution in [0.4, 0.5) is 0 Å². The lowest BCUT2D eigenvalue weighted by Gasteiger charge is -2.02. The Kier molecular flexibility index (Phi) is 3.76. The van der Waals surface area contributed by atoms with Crippen molar-refractivity contribution in [3.05, 3.63) is 60.6 Å². The van der Waals surface area contributed by atoms with Gasteiger partial charge in [-0.25, -0.2) is 0 Å². The van der Waals surface area contributed by atoms with Crippen LogP contribution < -0.4 is 4.74 Å². The second-order valence-electron chi connectivity index (χ2n) is 3.42. The Labute approximate surface area is 99.3 Å². The molecule has 0 N–H and O–H groups in total. The van der Waals surface area contributed by atoms with E-state index in [0.29, 0.717) is 11.5 Å². The van der Waals surface area contributed by atoms with Crippen molar-refractivity contribution in [3.8, 4) is 5.75 Å². The van der Waals surface area contributed by atoms with Crippen LogP contribution >= 0.6 is 0 Å². The number of furan rings is 1. The molecule has 0 saturated carbocycles. The lowest BCUT2D eigenvalue weighted by Crippen LogP contribution is -2.07. The minimum absolute atomic E-state index is 0.0290. The van der Waals surface area contributed by atoms with Crippen molar-refractivity contribution in [1.29, 1.82) is 0 Å². The molecular weight excluding hydrogens is 216 g/mol. The molecule has 2 aromatic rings. The number of para-hydroxylation sites is 1. The van der Waals surface area contributed by atoms with Gasteiger partial charge in [0.2, 0.25) is 0 Å². The number of rotatable bonds is 5. The highest BCUT2D eigenvalue weighted by molar-refractivity contribution is 5.94. The molecule has 3 nitrogen and oxygen atoms in total. The van der Waals surface area contributed by atoms with Gasteiger partial charge in [-0.1, -0.05) is 18.2 Å². The number of ether oxygens (including phenoxy) is 1. The van der Waals surface area contributed by atoms with Crippen molar-refractivity contribution < 1.29 is 13.9 Å². The van der Waals surface area contributed by atoms with E-state index in [1.165, 1.54) is 6.08 Å². The van der Waals surface area contributed by atoms with Crippen LogP contribution in [0.25, 0.3) is 6.08 Å². The van der Waals surface area contributed by atoms with Gasteiger partial charge in [-0.15, -0.1) is 0 Å². The molecule has 0 aliphatic carbocycles. The van der Waals surface area contributed by atoms with Gasteiger partial charge < -0.3 is 9.15 Å². The van der Waals surface area contributed by atoms with Gasteiger partial charge in [0.15, 0.2) is 12.4 Å². The molecule has 0 spiro atoms. The summed E-state index contributed by atoms with van der Waals surface area (Å²) in [5, 5.41) is 0. The molecule has 86 valence electrons. The normalized spacial score (nSPS) is 10.6. The Morgan fingerprint density at radius 1 is 1.18 bits per heavy atom. The van der Waals surface area contributed by atoms with E-state index in [9.17, 15) is 4.79 Å². The first-order chi connectivity index (χ1) is 8.34. The summed E-state index contributed by atoms with van der Waals surface area (Å²) in [6, 6.07) is 12.8. The maximum absolute atomic E-state index is 11.5. The van der Waals surface area contributed by atoms with Crippen molar-refractivity contribution in [1.82, 2.24) is 0 Å². The molecule has 1 aromatic heterocycles. The lowest BCUT2D eigenvalue weighted by molar-refractivity contribution is -0.116. The van der Waals surface area contributed by atoms with Crippen LogP contribution in [-0.4, -0.2) is 12.4 Å². The second-order valence-corrected chi connectivity index (χ2v) is 3.42. The average Bonchev–Trinajstić information content (AvgIpc) is 2.88. The first kappa shape index (κ1) is 11.2. The van der Waals surface area contributed by atoms with Crippen molar-refractivity contribution >= 4 is 11.9 Å². The summed E-state index contributed by atoms with van der Waals surface area (Å²) in [7, 11) is 0. The molecule has 17 heavy (non-hydrogen) atoms. The van der Waals surface area contributed by atoms with Gasteiger partial charge in [0.1, 0.15) is 11.5 Å². The van der Waals surface area contributed by atoms with Crippen LogP contribution in [0, 0.1) is 0 Å². The van der Waals surface area contributed by atoms with Crippen molar-refractivity contribution in [3.63, 3.8) is 0 Å². The number of hydrogen-bond acceptors (Lipinski definition) is 3. The summed E-state index contributed by atoms with van der Waals surface area (Å²) in [6.07, 6.45) is 4.63. The molecule has 0 unspecified atom stereocenters. The van der Waals surface area contributed by atoms with E-state index in [0.717, 1.165) is 0 Å². The quantitative estimate of drug-likeness (QED) is 0.738. The third kappa shape index (κ3) is 3.65. The molecule has 0 atom stereocenters. The van der Waals surface area contributed by atoms with Gasteiger partial charge in [-0.05, 0) is 36.4 Å². The molecule has 3 heteroatoms. The monoisotopic (exact) mass is 228 g/mol. The van der Waals surface area contributed by atoms with Gasteiger partial charge in [0, 0.05) is 0 Å². The predicted octanol–water partition coefficient (Wildman–Crippen LogP) is 2.94. The lowest BCUT2D eigenvalue weighted by atomic mass is 10.3. The fourth-order valence-corrected chi connectivity index (χ4v) is 1.28. The zero-order chi connectivity index (χ0) is 11.9. The first-order valence-corrected chi connectivity index (χ1v) is 5.27. The number of hydrogen-bond donors (Lipinski definition) is 0. The van der Waals surface area contributed by atoms with Gasteiger partial charge in [0.25, 0.3) is 0 Å². The highest BCUT2D eigenvalue weighted by atomic mass is 16.5. The molecule has 1 aromatic carbocycles. The highest BCUT2D eigenvalue weighted by Crippen LogP contribution is 2.08. The largest absolute Gasteiger partial charge is 0.485 e. The topological polar surface area (TPSA) is 39.4 Å². The Hall–Kier alpha value is -2.29. The maximum atomic E-state index is 11.5. The zero-order valence-corrected chi connectivity index (χ0v) is 9.21. The SMILES string of the molecule is O=C(/C=C/c1ccco1)COc1ccccc1. The summed E-state index contributed by atoms with van der Waals surface area (Å²) < 4.78 is 10.4. The molecule has 0 aliphatic heterocycles. The fraction of sp³-hybridized carbons (Fsp3) is 0.0714. The van der Waals surface area contributed by atoms with E-state index in [-0.39, 0.29) is 12.4 Å². The van der Waals surface area contributed by atoms with Crippen LogP contribution in [0.15, 0.2) is 59.2 Å². The van der Waals surface area contributed by atoms with E-state index >= 15 is 0 Å². The van der Waals surface area contributed by atoms with Gasteiger partial charge in [0.05, 0.1) is 6.26 Å². The molecule has 0 saturated heterocycles. The molecular formula is C14H12O3. The van der Waals surface area contributed by atoms with Crippen LogP contribution in [0.1, 0.15) is 5.76 Å². The number of carbonyl (C=O) groups excluding carboxylic acids is 1. The average molecular weight is 228 g/mol. The van der Waals surface area contributed by atoms with Crippen LogP contribution in [0.2, 0.25) is 0 Å². The van der Waals surface area contributed by atoms with E-state index in [4.69, 9.17) is 9.15 Å². The Bertz CT molecular complexity index is 483. The summed E-state index contributed by atoms with van der Waals surface area (Å²) in [6.45, 7) is 0.0290. The molecule has 0 amide bonds. The minimum Gasteiger partial charge on any atom is -0.485 e. The van der Waals surface area contributed by atoms with Crippen molar-refractivity contribution in [2.75, 3.05) is 6.61 Å². The van der Waals surface area contributed by atoms with Crippen LogP contribution in [0.3, 0.4) is 0 Å². The minimum atomic E-state index is -0.106. The molecule has 2 rings (SSSR count). The number of benzene rings is 1. The van der Waals surface area contributed by atoms with Gasteiger partial charge in [-0.3, -0.25) is 4.79 Å². The molecule has 0 bridgehead atoms. The van der Waals surface area contributed by atoms with Gasteiger partial charge >= 0.3 is 0 Å². The number of ketones is 1. The van der Waals surface area contributed by atoms with Gasteiger partial charge in [-0.2, -0.15) is 0 Å². The Balaban J connectivity index is 1.82.